The second-order valence-corrected chi connectivity index (χ2v) is 5.06. The van der Waals surface area contributed by atoms with Crippen molar-refractivity contribution in [1.29, 1.82) is 0 Å². The fraction of sp³-hybridized carbons (Fsp3) is 0.538. The Balaban J connectivity index is 2.02. The fourth-order valence-corrected chi connectivity index (χ4v) is 2.37. The van der Waals surface area contributed by atoms with E-state index in [2.05, 4.69) is 23.8 Å². The van der Waals surface area contributed by atoms with Crippen LogP contribution in [-0.4, -0.2) is 60.2 Å². The molecule has 1 heterocycles. The highest BCUT2D eigenvalue weighted by Crippen LogP contribution is 2.20. The third kappa shape index (κ3) is 3.11. The van der Waals surface area contributed by atoms with Crippen LogP contribution in [0, 0.1) is 0 Å². The third-order valence-electron chi connectivity index (χ3n) is 3.80. The van der Waals surface area contributed by atoms with Gasteiger partial charge in [-0.2, -0.15) is 0 Å². The van der Waals surface area contributed by atoms with E-state index in [1.807, 2.05) is 12.1 Å². The Morgan fingerprint density at radius 1 is 1.06 bits per heavy atom. The molecule has 1 aromatic carbocycles. The molecular weight excluding hydrogens is 227 g/mol. The first kappa shape index (κ1) is 13.6. The maximum atomic E-state index is 9.07. The molecule has 0 amide bonds. The van der Waals surface area contributed by atoms with Gasteiger partial charge < -0.3 is 14.9 Å². The molecule has 1 saturated heterocycles. The van der Waals surface area contributed by atoms with E-state index in [9.17, 15) is 0 Å². The van der Waals surface area contributed by atoms with Crippen LogP contribution >= 0.6 is 0 Å². The molecular formula is C13H21BN2O2. The van der Waals surface area contributed by atoms with E-state index in [0.717, 1.165) is 26.2 Å². The lowest BCUT2D eigenvalue weighted by atomic mass is 9.80. The Morgan fingerprint density at radius 3 is 2.11 bits per heavy atom. The molecule has 2 rings (SSSR count). The first-order valence-electron chi connectivity index (χ1n) is 6.46. The smallest absolute Gasteiger partial charge is 0.423 e. The molecule has 4 nitrogen and oxygen atoms in total. The lowest BCUT2D eigenvalue weighted by Gasteiger charge is -2.36. The molecule has 0 saturated carbocycles. The van der Waals surface area contributed by atoms with E-state index in [4.69, 9.17) is 10.0 Å². The highest BCUT2D eigenvalue weighted by atomic mass is 16.4. The maximum Gasteiger partial charge on any atom is 0.488 e. The Labute approximate surface area is 109 Å². The molecule has 0 aliphatic carbocycles. The molecule has 1 aromatic rings. The van der Waals surface area contributed by atoms with Gasteiger partial charge in [-0.15, -0.1) is 0 Å². The van der Waals surface area contributed by atoms with Crippen LogP contribution in [0.1, 0.15) is 18.5 Å². The first-order chi connectivity index (χ1) is 8.58. The second kappa shape index (κ2) is 5.84. The predicted molar refractivity (Wildman–Crippen MR) is 73.8 cm³/mol. The van der Waals surface area contributed by atoms with E-state index < -0.39 is 7.12 Å². The van der Waals surface area contributed by atoms with Crippen molar-refractivity contribution in [2.75, 3.05) is 33.2 Å². The number of hydrogen-bond donors (Lipinski definition) is 2. The number of benzene rings is 1. The summed E-state index contributed by atoms with van der Waals surface area (Å²) in [6.45, 7) is 6.59. The van der Waals surface area contributed by atoms with Gasteiger partial charge in [0.15, 0.2) is 0 Å². The van der Waals surface area contributed by atoms with Gasteiger partial charge in [-0.1, -0.05) is 24.3 Å². The molecule has 1 fully saturated rings. The molecule has 0 aromatic heterocycles. The van der Waals surface area contributed by atoms with Crippen LogP contribution in [0.3, 0.4) is 0 Å². The van der Waals surface area contributed by atoms with Crippen molar-refractivity contribution in [2.24, 2.45) is 0 Å². The molecule has 0 radical (unpaired) electrons. The lowest BCUT2D eigenvalue weighted by Crippen LogP contribution is -2.45. The number of hydrogen-bond acceptors (Lipinski definition) is 4. The normalized spacial score (nSPS) is 19.8. The number of rotatable bonds is 3. The van der Waals surface area contributed by atoms with Crippen molar-refractivity contribution in [3.8, 4) is 0 Å². The quantitative estimate of drug-likeness (QED) is 0.719. The summed E-state index contributed by atoms with van der Waals surface area (Å²) in [4.78, 5) is 4.80. The van der Waals surface area contributed by atoms with Crippen molar-refractivity contribution < 1.29 is 10.0 Å². The van der Waals surface area contributed by atoms with Gasteiger partial charge in [-0.25, -0.2) is 0 Å². The highest BCUT2D eigenvalue weighted by molar-refractivity contribution is 6.58. The standard InChI is InChI=1S/C13H21BN2O2/c1-11(16-9-7-15(2)8-10-16)12-3-5-13(6-4-12)14(17)18/h3-6,11,17-18H,7-10H2,1-2H3/t11-/m0/s1. The summed E-state index contributed by atoms with van der Waals surface area (Å²) in [6.07, 6.45) is 0. The van der Waals surface area contributed by atoms with E-state index in [1.54, 1.807) is 12.1 Å². The average Bonchev–Trinajstić information content (AvgIpc) is 2.39. The zero-order chi connectivity index (χ0) is 13.1. The summed E-state index contributed by atoms with van der Waals surface area (Å²) in [5, 5.41) is 18.1. The minimum absolute atomic E-state index is 0.378. The SMILES string of the molecule is C[C@@H](c1ccc(B(O)O)cc1)N1CCN(C)CC1. The van der Waals surface area contributed by atoms with Gasteiger partial charge in [0.05, 0.1) is 0 Å². The Kier molecular flexibility index (Phi) is 4.40. The number of likely N-dealkylation sites (N-methyl/N-ethyl adjacent to an activating group) is 1. The highest BCUT2D eigenvalue weighted by Gasteiger charge is 2.20. The molecule has 5 heteroatoms. The minimum atomic E-state index is -1.38. The molecule has 2 N–H and O–H groups in total. The van der Waals surface area contributed by atoms with Crippen LogP contribution in [-0.2, 0) is 0 Å². The van der Waals surface area contributed by atoms with Crippen LogP contribution in [0.4, 0.5) is 0 Å². The molecule has 98 valence electrons. The van der Waals surface area contributed by atoms with Gasteiger partial charge in [-0.3, -0.25) is 4.90 Å². The van der Waals surface area contributed by atoms with Crippen molar-refractivity contribution >= 4 is 12.6 Å². The molecule has 0 spiro atoms. The largest absolute Gasteiger partial charge is 0.488 e. The Morgan fingerprint density at radius 2 is 1.61 bits per heavy atom. The van der Waals surface area contributed by atoms with E-state index >= 15 is 0 Å². The summed E-state index contributed by atoms with van der Waals surface area (Å²) in [5.41, 5.74) is 1.77. The molecule has 1 aliphatic rings. The summed E-state index contributed by atoms with van der Waals surface area (Å²) >= 11 is 0. The van der Waals surface area contributed by atoms with Gasteiger partial charge >= 0.3 is 7.12 Å². The summed E-state index contributed by atoms with van der Waals surface area (Å²) in [7, 11) is 0.775. The minimum Gasteiger partial charge on any atom is -0.423 e. The topological polar surface area (TPSA) is 46.9 Å². The zero-order valence-corrected chi connectivity index (χ0v) is 11.1. The van der Waals surface area contributed by atoms with Crippen LogP contribution in [0.15, 0.2) is 24.3 Å². The van der Waals surface area contributed by atoms with Crippen molar-refractivity contribution in [2.45, 2.75) is 13.0 Å². The van der Waals surface area contributed by atoms with Crippen molar-refractivity contribution in [1.82, 2.24) is 9.80 Å². The maximum absolute atomic E-state index is 9.07. The summed E-state index contributed by atoms with van der Waals surface area (Å²) < 4.78 is 0. The summed E-state index contributed by atoms with van der Waals surface area (Å²) in [6, 6.07) is 7.91. The Hall–Kier alpha value is -0.875. The van der Waals surface area contributed by atoms with E-state index in [-0.39, 0.29) is 0 Å². The molecule has 0 unspecified atom stereocenters. The molecule has 0 bridgehead atoms. The molecule has 18 heavy (non-hydrogen) atoms. The summed E-state index contributed by atoms with van der Waals surface area (Å²) in [5.74, 6) is 0. The van der Waals surface area contributed by atoms with Crippen molar-refractivity contribution in [3.63, 3.8) is 0 Å². The fourth-order valence-electron chi connectivity index (χ4n) is 2.37. The van der Waals surface area contributed by atoms with E-state index in [0.29, 0.717) is 11.5 Å². The van der Waals surface area contributed by atoms with Crippen LogP contribution in [0.5, 0.6) is 0 Å². The first-order valence-corrected chi connectivity index (χ1v) is 6.46. The van der Waals surface area contributed by atoms with Crippen LogP contribution in [0.25, 0.3) is 0 Å². The number of nitrogens with zero attached hydrogens (tertiary/aromatic N) is 2. The third-order valence-corrected chi connectivity index (χ3v) is 3.80. The van der Waals surface area contributed by atoms with Crippen molar-refractivity contribution in [3.05, 3.63) is 29.8 Å². The monoisotopic (exact) mass is 248 g/mol. The van der Waals surface area contributed by atoms with Gasteiger partial charge in [0.25, 0.3) is 0 Å². The van der Waals surface area contributed by atoms with Gasteiger partial charge in [0.2, 0.25) is 0 Å². The zero-order valence-electron chi connectivity index (χ0n) is 11.1. The van der Waals surface area contributed by atoms with Gasteiger partial charge in [0, 0.05) is 32.2 Å². The second-order valence-electron chi connectivity index (χ2n) is 5.06. The molecule has 1 aliphatic heterocycles. The number of piperazine rings is 1. The van der Waals surface area contributed by atoms with Crippen LogP contribution < -0.4 is 5.46 Å². The molecule has 1 atom stereocenters. The van der Waals surface area contributed by atoms with Gasteiger partial charge in [0.1, 0.15) is 0 Å². The van der Waals surface area contributed by atoms with Crippen LogP contribution in [0.2, 0.25) is 0 Å². The van der Waals surface area contributed by atoms with Gasteiger partial charge in [-0.05, 0) is 25.0 Å². The Bertz CT molecular complexity index is 375. The predicted octanol–water partition coefficient (Wildman–Crippen LogP) is -0.325. The van der Waals surface area contributed by atoms with E-state index in [1.165, 1.54) is 5.56 Å². The average molecular weight is 248 g/mol. The lowest BCUT2D eigenvalue weighted by molar-refractivity contribution is 0.119.